The van der Waals surface area contributed by atoms with E-state index in [1.165, 1.54) is 4.57 Å². The summed E-state index contributed by atoms with van der Waals surface area (Å²) in [6.07, 6.45) is 6.47. The van der Waals surface area contributed by atoms with Gasteiger partial charge in [0, 0.05) is 45.4 Å². The molecule has 17 nitrogen and oxygen atoms in total. The van der Waals surface area contributed by atoms with Crippen LogP contribution in [0, 0.1) is 11.8 Å². The molecule has 0 spiro atoms. The molecule has 4 aromatic rings. The van der Waals surface area contributed by atoms with E-state index >= 15 is 0 Å². The molecule has 0 radical (unpaired) electrons. The van der Waals surface area contributed by atoms with Crippen LogP contribution in [0.2, 0.25) is 0 Å². The fourth-order valence-electron chi connectivity index (χ4n) is 10.7. The van der Waals surface area contributed by atoms with E-state index in [0.717, 1.165) is 54.3 Å². The third kappa shape index (κ3) is 10.5. The third-order valence-electron chi connectivity index (χ3n) is 14.4. The number of aromatic nitrogens is 2. The van der Waals surface area contributed by atoms with Crippen molar-refractivity contribution in [3.8, 4) is 0 Å². The number of hydrogen-bond acceptors (Lipinski definition) is 9. The average Bonchev–Trinajstić information content (AvgIpc) is 3.85. The van der Waals surface area contributed by atoms with Gasteiger partial charge in [-0.3, -0.25) is 48.0 Å². The summed E-state index contributed by atoms with van der Waals surface area (Å²) in [7, 11) is 1.69. The first kappa shape index (κ1) is 46.9. The molecule has 0 bridgehead atoms. The number of nitrogens with two attached hydrogens (primary N) is 2. The van der Waals surface area contributed by atoms with Gasteiger partial charge in [-0.15, -0.1) is 0 Å². The second-order valence-electron chi connectivity index (χ2n) is 18.9. The summed E-state index contributed by atoms with van der Waals surface area (Å²) in [5.74, 6) is -2.27. The molecular weight excluding hydrogens is 855 g/mol. The van der Waals surface area contributed by atoms with E-state index < -0.39 is 59.7 Å². The lowest BCUT2D eigenvalue weighted by Crippen LogP contribution is -2.60. The van der Waals surface area contributed by atoms with Crippen molar-refractivity contribution >= 4 is 52.4 Å². The third-order valence-corrected chi connectivity index (χ3v) is 14.4. The minimum absolute atomic E-state index is 0.0319. The maximum atomic E-state index is 14.1. The van der Waals surface area contributed by atoms with Crippen molar-refractivity contribution in [2.45, 2.75) is 120 Å². The molecule has 7 N–H and O–H groups in total. The molecule has 8 rings (SSSR count). The van der Waals surface area contributed by atoms with E-state index in [-0.39, 0.29) is 61.7 Å². The highest BCUT2D eigenvalue weighted by atomic mass is 16.2. The Bertz CT molecular complexity index is 2530. The molecule has 1 aromatic heterocycles. The molecule has 4 aliphatic rings. The number of piperidine rings is 1. The van der Waals surface area contributed by atoms with E-state index in [2.05, 4.69) is 16.0 Å². The van der Waals surface area contributed by atoms with Crippen LogP contribution in [0.1, 0.15) is 106 Å². The zero-order valence-electron chi connectivity index (χ0n) is 37.9. The Balaban J connectivity index is 0.847. The Hall–Kier alpha value is -6.62. The molecule has 5 atom stereocenters. The van der Waals surface area contributed by atoms with E-state index in [1.54, 1.807) is 21.4 Å². The Morgan fingerprint density at radius 2 is 1.46 bits per heavy atom. The van der Waals surface area contributed by atoms with Crippen molar-refractivity contribution in [3.63, 3.8) is 0 Å². The number of aryl methyl sites for hydroxylation is 1. The second-order valence-corrected chi connectivity index (χ2v) is 18.9. The Kier molecular flexibility index (Phi) is 14.3. The summed E-state index contributed by atoms with van der Waals surface area (Å²) in [6, 6.07) is 20.1. The summed E-state index contributed by atoms with van der Waals surface area (Å²) in [5.41, 5.74) is 15.9. The first-order valence-corrected chi connectivity index (χ1v) is 23.6. The second kappa shape index (κ2) is 20.5. The summed E-state index contributed by atoms with van der Waals surface area (Å²) < 4.78 is 3.04. The van der Waals surface area contributed by atoms with E-state index in [9.17, 15) is 38.4 Å². The van der Waals surface area contributed by atoms with Crippen LogP contribution in [0.3, 0.4) is 0 Å². The fraction of sp³-hybridized carbons (Fsp3) is 0.480. The van der Waals surface area contributed by atoms with Crippen LogP contribution in [0.25, 0.3) is 11.0 Å². The summed E-state index contributed by atoms with van der Waals surface area (Å²) in [6.45, 7) is 0.426. The van der Waals surface area contributed by atoms with Gasteiger partial charge in [-0.2, -0.15) is 0 Å². The zero-order chi connectivity index (χ0) is 47.4. The van der Waals surface area contributed by atoms with Crippen molar-refractivity contribution in [1.29, 1.82) is 0 Å². The number of hydrogen-bond donors (Lipinski definition) is 5. The molecule has 4 heterocycles. The average molecular weight is 916 g/mol. The highest BCUT2D eigenvalue weighted by Crippen LogP contribution is 2.35. The summed E-state index contributed by atoms with van der Waals surface area (Å²) >= 11 is 0. The lowest BCUT2D eigenvalue weighted by Gasteiger charge is -2.38. The maximum Gasteiger partial charge on any atom is 0.329 e. The number of fused-ring (bicyclic) bond motifs is 2. The van der Waals surface area contributed by atoms with Crippen molar-refractivity contribution in [2.24, 2.45) is 30.4 Å². The summed E-state index contributed by atoms with van der Waals surface area (Å²) in [4.78, 5) is 109. The maximum absolute atomic E-state index is 14.1. The Labute approximate surface area is 389 Å². The molecule has 3 saturated heterocycles. The van der Waals surface area contributed by atoms with Gasteiger partial charge in [0.2, 0.25) is 41.4 Å². The normalized spacial score (nSPS) is 23.8. The Morgan fingerprint density at radius 1 is 0.791 bits per heavy atom. The van der Waals surface area contributed by atoms with Crippen molar-refractivity contribution in [2.75, 3.05) is 13.1 Å². The molecular formula is C50H61N9O8. The lowest BCUT2D eigenvalue weighted by molar-refractivity contribution is -0.145. The number of carbonyl (C=O) groups is 7. The van der Waals surface area contributed by atoms with Crippen LogP contribution >= 0.6 is 0 Å². The predicted octanol–water partition coefficient (Wildman–Crippen LogP) is 2.63. The molecule has 67 heavy (non-hydrogen) atoms. The summed E-state index contributed by atoms with van der Waals surface area (Å²) in [5, 5.41) is 8.27. The van der Waals surface area contributed by atoms with Crippen LogP contribution in [0.5, 0.6) is 0 Å². The Morgan fingerprint density at radius 3 is 2.12 bits per heavy atom. The molecule has 4 fully saturated rings. The van der Waals surface area contributed by atoms with Crippen LogP contribution in [0.15, 0.2) is 83.7 Å². The van der Waals surface area contributed by atoms with Crippen molar-refractivity contribution in [1.82, 2.24) is 34.9 Å². The van der Waals surface area contributed by atoms with Gasteiger partial charge >= 0.3 is 5.69 Å². The molecule has 7 amide bonds. The van der Waals surface area contributed by atoms with Crippen LogP contribution in [-0.4, -0.2) is 97.5 Å². The fourth-order valence-corrected chi connectivity index (χ4v) is 10.7. The molecule has 1 aliphatic carbocycles. The first-order valence-electron chi connectivity index (χ1n) is 23.6. The number of rotatable bonds is 14. The van der Waals surface area contributed by atoms with E-state index in [4.69, 9.17) is 11.5 Å². The molecule has 3 aromatic carbocycles. The zero-order valence-corrected chi connectivity index (χ0v) is 37.9. The van der Waals surface area contributed by atoms with Crippen molar-refractivity contribution < 1.29 is 33.6 Å². The number of benzene rings is 3. The number of carbonyl (C=O) groups excluding carboxylic acids is 7. The van der Waals surface area contributed by atoms with Crippen LogP contribution in [-0.2, 0) is 47.0 Å². The van der Waals surface area contributed by atoms with E-state index in [0.29, 0.717) is 43.7 Å². The van der Waals surface area contributed by atoms with Gasteiger partial charge in [-0.1, -0.05) is 66.7 Å². The monoisotopic (exact) mass is 915 g/mol. The van der Waals surface area contributed by atoms with E-state index in [1.807, 2.05) is 78.9 Å². The van der Waals surface area contributed by atoms with Crippen LogP contribution < -0.4 is 33.1 Å². The largest absolute Gasteiger partial charge is 0.370 e. The number of primary amides is 1. The highest BCUT2D eigenvalue weighted by Gasteiger charge is 2.45. The number of nitrogens with zero attached hydrogens (tertiary/aromatic N) is 4. The first-order chi connectivity index (χ1) is 32.2. The molecule has 17 heteroatoms. The van der Waals surface area contributed by atoms with Crippen molar-refractivity contribution in [3.05, 3.63) is 106 Å². The number of amides is 7. The van der Waals surface area contributed by atoms with Gasteiger partial charge < -0.3 is 31.9 Å². The lowest BCUT2D eigenvalue weighted by atomic mass is 9.78. The number of nitrogens with one attached hydrogen (secondary N) is 3. The standard InChI is InChI=1S/C50H61N9O8/c1-56-41-27-32(16-19-38(41)59(50(56)67)40-21-23-43(61)54-48(40)65)26-30-12-14-31(15-13-30)28-44(62)57-25-24-35-17-20-39(58(35)49(66)36(51)29-57)47(64)53-37(18-22-42(52)60)46(63)55-45(33-8-4-2-5-9-33)34-10-6-3-7-11-34/h2-11,16,19,27,30-31,35-37,39-40,45H,12-15,17-18,20-26,28-29,51H2,1H3,(H2,52,60)(H,53,64)(H,55,63)(H,54,61,65)/t30-,31+,35-,36+,37+,39+,40?/m1/s1. The van der Waals surface area contributed by atoms with Gasteiger partial charge in [-0.05, 0) is 105 Å². The minimum atomic E-state index is -1.11. The quantitative estimate of drug-likeness (QED) is 0.117. The number of imidazole rings is 1. The van der Waals surface area contributed by atoms with Gasteiger partial charge in [0.15, 0.2) is 0 Å². The molecule has 1 saturated carbocycles. The van der Waals surface area contributed by atoms with Crippen LogP contribution in [0.4, 0.5) is 0 Å². The smallest absolute Gasteiger partial charge is 0.329 e. The van der Waals surface area contributed by atoms with Gasteiger partial charge in [-0.25, -0.2) is 4.79 Å². The minimum Gasteiger partial charge on any atom is -0.370 e. The predicted molar refractivity (Wildman–Crippen MR) is 248 cm³/mol. The SMILES string of the molecule is Cn1c(=O)n(C2CCC(=O)NC2=O)c2ccc(C[C@H]3CC[C@@H](CC(=O)N4CC[C@H]5CC[C@@H](C(=O)N[C@@H](CCC(N)=O)C(=O)NC(c6ccccc6)c6ccccc6)N5C(=O)[C@@H](N)C4)CC3)cc21. The molecule has 1 unspecified atom stereocenters. The topological polar surface area (TPSA) is 241 Å². The molecule has 354 valence electrons. The van der Waals surface area contributed by atoms with Gasteiger partial charge in [0.05, 0.1) is 17.1 Å². The highest BCUT2D eigenvalue weighted by molar-refractivity contribution is 6.00. The molecule has 3 aliphatic heterocycles. The number of imide groups is 1. The van der Waals surface area contributed by atoms with Gasteiger partial charge in [0.25, 0.3) is 0 Å². The van der Waals surface area contributed by atoms with Gasteiger partial charge in [0.1, 0.15) is 24.2 Å².